The van der Waals surface area contributed by atoms with Crippen molar-refractivity contribution in [2.75, 3.05) is 13.2 Å². The van der Waals surface area contributed by atoms with E-state index in [2.05, 4.69) is 95.4 Å². The highest BCUT2D eigenvalue weighted by Gasteiger charge is 2.43. The molecule has 0 aromatic heterocycles. The standard InChI is InChI=1S/C23H52O2Si2/c1-19(2)15-23(16-20(3)4,17-24-26(11,12)21(5,6)7)18-25-27(13,14)22(8,9)10/h19-20H,15-18H2,1-14H3. The van der Waals surface area contributed by atoms with Gasteiger partial charge in [0, 0.05) is 18.6 Å². The summed E-state index contributed by atoms with van der Waals surface area (Å²) in [6, 6.07) is 0. The van der Waals surface area contributed by atoms with Crippen molar-refractivity contribution in [3.05, 3.63) is 0 Å². The minimum absolute atomic E-state index is 0.118. The number of rotatable bonds is 10. The first kappa shape index (κ1) is 27.4. The average molecular weight is 417 g/mol. The van der Waals surface area contributed by atoms with E-state index in [4.69, 9.17) is 8.85 Å². The van der Waals surface area contributed by atoms with Crippen LogP contribution in [-0.2, 0) is 8.85 Å². The van der Waals surface area contributed by atoms with Gasteiger partial charge in [0.2, 0.25) is 0 Å². The van der Waals surface area contributed by atoms with E-state index in [1.807, 2.05) is 0 Å². The quantitative estimate of drug-likeness (QED) is 0.335. The van der Waals surface area contributed by atoms with Crippen molar-refractivity contribution in [2.24, 2.45) is 17.3 Å². The molecule has 0 unspecified atom stereocenters. The molecular formula is C23H52O2Si2. The fourth-order valence-corrected chi connectivity index (χ4v) is 5.39. The van der Waals surface area contributed by atoms with Gasteiger partial charge in [0.15, 0.2) is 16.6 Å². The van der Waals surface area contributed by atoms with Gasteiger partial charge >= 0.3 is 0 Å². The molecule has 0 fully saturated rings. The molecule has 4 heteroatoms. The van der Waals surface area contributed by atoms with Crippen LogP contribution in [0, 0.1) is 17.3 Å². The van der Waals surface area contributed by atoms with E-state index >= 15 is 0 Å². The van der Waals surface area contributed by atoms with Crippen LogP contribution < -0.4 is 0 Å². The van der Waals surface area contributed by atoms with Crippen LogP contribution in [0.1, 0.15) is 82.1 Å². The van der Waals surface area contributed by atoms with E-state index < -0.39 is 16.6 Å². The second-order valence-corrected chi connectivity index (χ2v) is 22.4. The van der Waals surface area contributed by atoms with Crippen LogP contribution in [0.3, 0.4) is 0 Å². The third-order valence-corrected chi connectivity index (χ3v) is 15.7. The van der Waals surface area contributed by atoms with Gasteiger partial charge in [-0.15, -0.1) is 0 Å². The maximum Gasteiger partial charge on any atom is 0.192 e. The van der Waals surface area contributed by atoms with Gasteiger partial charge in [-0.2, -0.15) is 0 Å². The molecule has 0 aromatic rings. The summed E-state index contributed by atoms with van der Waals surface area (Å²) in [5.41, 5.74) is 0.118. The minimum atomic E-state index is -1.77. The Kier molecular flexibility index (Phi) is 9.57. The summed E-state index contributed by atoms with van der Waals surface area (Å²) in [7, 11) is -3.55. The van der Waals surface area contributed by atoms with Crippen LogP contribution in [0.4, 0.5) is 0 Å². The van der Waals surface area contributed by atoms with E-state index in [-0.39, 0.29) is 15.5 Å². The Labute approximate surface area is 174 Å². The molecule has 0 rings (SSSR count). The maximum atomic E-state index is 6.79. The molecule has 0 radical (unpaired) electrons. The molecule has 0 N–H and O–H groups in total. The van der Waals surface area contributed by atoms with Crippen molar-refractivity contribution >= 4 is 16.6 Å². The largest absolute Gasteiger partial charge is 0.416 e. The Balaban J connectivity index is 5.65. The highest BCUT2D eigenvalue weighted by Crippen LogP contribution is 2.43. The van der Waals surface area contributed by atoms with Gasteiger partial charge in [0.05, 0.1) is 0 Å². The molecule has 0 saturated heterocycles. The van der Waals surface area contributed by atoms with E-state index in [1.54, 1.807) is 0 Å². The van der Waals surface area contributed by atoms with E-state index in [9.17, 15) is 0 Å². The monoisotopic (exact) mass is 416 g/mol. The second kappa shape index (κ2) is 9.44. The Morgan fingerprint density at radius 1 is 0.593 bits per heavy atom. The first-order chi connectivity index (χ1) is 11.7. The van der Waals surface area contributed by atoms with Crippen molar-refractivity contribution in [2.45, 2.75) is 118 Å². The van der Waals surface area contributed by atoms with Crippen LogP contribution in [0.15, 0.2) is 0 Å². The Morgan fingerprint density at radius 2 is 0.852 bits per heavy atom. The van der Waals surface area contributed by atoms with Crippen LogP contribution in [-0.4, -0.2) is 29.8 Å². The lowest BCUT2D eigenvalue weighted by Crippen LogP contribution is -2.49. The summed E-state index contributed by atoms with van der Waals surface area (Å²) >= 11 is 0. The van der Waals surface area contributed by atoms with Crippen LogP contribution in [0.25, 0.3) is 0 Å². The van der Waals surface area contributed by atoms with Gasteiger partial charge in [-0.05, 0) is 60.9 Å². The zero-order chi connectivity index (χ0) is 21.9. The molecule has 0 spiro atoms. The Bertz CT molecular complexity index is 398. The lowest BCUT2D eigenvalue weighted by molar-refractivity contribution is 0.0290. The number of hydrogen-bond donors (Lipinski definition) is 0. The average Bonchev–Trinajstić information content (AvgIpc) is 2.39. The van der Waals surface area contributed by atoms with Gasteiger partial charge in [-0.3, -0.25) is 0 Å². The first-order valence-corrected chi connectivity index (χ1v) is 16.8. The van der Waals surface area contributed by atoms with Crippen molar-refractivity contribution in [1.82, 2.24) is 0 Å². The van der Waals surface area contributed by atoms with E-state index in [1.165, 1.54) is 12.8 Å². The SMILES string of the molecule is CC(C)CC(CO[Si](C)(C)C(C)(C)C)(CO[Si](C)(C)C(C)(C)C)CC(C)C. The van der Waals surface area contributed by atoms with Crippen molar-refractivity contribution in [3.63, 3.8) is 0 Å². The van der Waals surface area contributed by atoms with Gasteiger partial charge in [-0.1, -0.05) is 69.2 Å². The van der Waals surface area contributed by atoms with E-state index in [0.717, 1.165) is 13.2 Å². The predicted molar refractivity (Wildman–Crippen MR) is 128 cm³/mol. The summed E-state index contributed by atoms with van der Waals surface area (Å²) in [6.07, 6.45) is 2.35. The summed E-state index contributed by atoms with van der Waals surface area (Å²) in [6.45, 7) is 34.5. The zero-order valence-corrected chi connectivity index (χ0v) is 23.3. The van der Waals surface area contributed by atoms with Crippen molar-refractivity contribution < 1.29 is 8.85 Å². The molecule has 0 bridgehead atoms. The normalized spacial score (nSPS) is 15.1. The molecule has 0 aliphatic carbocycles. The van der Waals surface area contributed by atoms with Gasteiger partial charge in [0.1, 0.15) is 0 Å². The number of hydrogen-bond acceptors (Lipinski definition) is 2. The molecule has 2 nitrogen and oxygen atoms in total. The predicted octanol–water partition coefficient (Wildman–Crippen LogP) is 8.11. The zero-order valence-electron chi connectivity index (χ0n) is 21.3. The molecule has 0 heterocycles. The summed E-state index contributed by atoms with van der Waals surface area (Å²) in [5.74, 6) is 1.30. The highest BCUT2D eigenvalue weighted by atomic mass is 28.4. The Morgan fingerprint density at radius 3 is 1.04 bits per heavy atom. The summed E-state index contributed by atoms with van der Waals surface area (Å²) in [5, 5.41) is 0.489. The second-order valence-electron chi connectivity index (χ2n) is 12.8. The molecule has 27 heavy (non-hydrogen) atoms. The first-order valence-electron chi connectivity index (χ1n) is 11.0. The van der Waals surface area contributed by atoms with Crippen LogP contribution in [0.2, 0.25) is 36.3 Å². The van der Waals surface area contributed by atoms with Gasteiger partial charge in [-0.25, -0.2) is 0 Å². The van der Waals surface area contributed by atoms with E-state index in [0.29, 0.717) is 11.8 Å². The fourth-order valence-electron chi connectivity index (χ4n) is 3.19. The fraction of sp³-hybridized carbons (Fsp3) is 1.00. The lowest BCUT2D eigenvalue weighted by Gasteiger charge is -2.45. The van der Waals surface area contributed by atoms with Crippen molar-refractivity contribution in [1.29, 1.82) is 0 Å². The molecule has 0 aliphatic heterocycles. The molecule has 0 aromatic carbocycles. The third-order valence-electron chi connectivity index (χ3n) is 6.77. The molecule has 0 aliphatic rings. The Hall–Kier alpha value is 0.354. The summed E-state index contributed by atoms with van der Waals surface area (Å²) in [4.78, 5) is 0. The topological polar surface area (TPSA) is 18.5 Å². The lowest BCUT2D eigenvalue weighted by atomic mass is 9.75. The molecule has 164 valence electrons. The van der Waals surface area contributed by atoms with Crippen LogP contribution >= 0.6 is 0 Å². The third kappa shape index (κ3) is 8.71. The molecular weight excluding hydrogens is 364 g/mol. The van der Waals surface area contributed by atoms with Gasteiger partial charge in [0.25, 0.3) is 0 Å². The molecule has 0 atom stereocenters. The van der Waals surface area contributed by atoms with Crippen LogP contribution in [0.5, 0.6) is 0 Å². The maximum absolute atomic E-state index is 6.79. The minimum Gasteiger partial charge on any atom is -0.416 e. The summed E-state index contributed by atoms with van der Waals surface area (Å²) < 4.78 is 13.6. The van der Waals surface area contributed by atoms with Crippen molar-refractivity contribution in [3.8, 4) is 0 Å². The highest BCUT2D eigenvalue weighted by molar-refractivity contribution is 6.74. The molecule has 0 amide bonds. The van der Waals surface area contributed by atoms with Gasteiger partial charge < -0.3 is 8.85 Å². The smallest absolute Gasteiger partial charge is 0.192 e. The molecule has 0 saturated carbocycles.